The number of nitrogens with zero attached hydrogens (tertiary/aromatic N) is 1. The van der Waals surface area contributed by atoms with Gasteiger partial charge in [0.05, 0.1) is 6.61 Å². The first-order valence-corrected chi connectivity index (χ1v) is 20.5. The fourth-order valence-electron chi connectivity index (χ4n) is 6.22. The molecular formula is C40H75NO7. The zero-order valence-corrected chi connectivity index (χ0v) is 31.4. The molecule has 1 fully saturated rings. The second kappa shape index (κ2) is 33.8. The van der Waals surface area contributed by atoms with Crippen LogP contribution in [0.15, 0.2) is 0 Å². The summed E-state index contributed by atoms with van der Waals surface area (Å²) in [6.07, 6.45) is 35.3. The summed E-state index contributed by atoms with van der Waals surface area (Å²) in [6, 6.07) is 0. The molecule has 0 saturated carbocycles. The SMILES string of the molecule is CCCCCCCCCCCCCCCCOCC(COC(=O)ON1C(=O)CCC1=O)OCCCCCCCCCCCCCCCC. The van der Waals surface area contributed by atoms with Gasteiger partial charge in [0.1, 0.15) is 12.7 Å². The van der Waals surface area contributed by atoms with E-state index in [9.17, 15) is 14.4 Å². The molecule has 1 rings (SSSR count). The molecule has 0 spiro atoms. The van der Waals surface area contributed by atoms with Crippen molar-refractivity contribution < 1.29 is 33.4 Å². The molecule has 282 valence electrons. The Morgan fingerprint density at radius 2 is 0.875 bits per heavy atom. The number of hydrogen-bond donors (Lipinski definition) is 0. The van der Waals surface area contributed by atoms with E-state index in [0.29, 0.717) is 24.9 Å². The van der Waals surface area contributed by atoms with Gasteiger partial charge in [-0.25, -0.2) is 4.79 Å². The van der Waals surface area contributed by atoms with Crippen LogP contribution in [0.5, 0.6) is 0 Å². The summed E-state index contributed by atoms with van der Waals surface area (Å²) in [4.78, 5) is 40.4. The zero-order chi connectivity index (χ0) is 34.8. The molecule has 0 aromatic heterocycles. The van der Waals surface area contributed by atoms with Crippen LogP contribution < -0.4 is 0 Å². The van der Waals surface area contributed by atoms with Gasteiger partial charge in [0, 0.05) is 26.1 Å². The molecule has 2 amide bonds. The number of carbonyl (C=O) groups is 3. The van der Waals surface area contributed by atoms with Crippen LogP contribution in [-0.2, 0) is 28.6 Å². The van der Waals surface area contributed by atoms with E-state index in [0.717, 1.165) is 25.7 Å². The normalized spacial score (nSPS) is 13.8. The highest BCUT2D eigenvalue weighted by atomic mass is 16.8. The Kier molecular flexibility index (Phi) is 31.2. The lowest BCUT2D eigenvalue weighted by molar-refractivity contribution is -0.178. The van der Waals surface area contributed by atoms with Crippen molar-refractivity contribution in [1.29, 1.82) is 0 Å². The van der Waals surface area contributed by atoms with E-state index in [4.69, 9.17) is 19.0 Å². The molecule has 0 radical (unpaired) electrons. The Bertz CT molecular complexity index is 746. The number of imide groups is 1. The van der Waals surface area contributed by atoms with Crippen LogP contribution in [0, 0.1) is 0 Å². The van der Waals surface area contributed by atoms with Crippen molar-refractivity contribution in [3.05, 3.63) is 0 Å². The van der Waals surface area contributed by atoms with Crippen LogP contribution in [0.2, 0.25) is 0 Å². The lowest BCUT2D eigenvalue weighted by Crippen LogP contribution is -2.34. The predicted octanol–water partition coefficient (Wildman–Crippen LogP) is 11.6. The number of rotatable bonds is 36. The van der Waals surface area contributed by atoms with Gasteiger partial charge in [-0.1, -0.05) is 186 Å². The Balaban J connectivity index is 2.14. The first-order valence-electron chi connectivity index (χ1n) is 20.5. The Hall–Kier alpha value is -1.67. The molecule has 0 bridgehead atoms. The minimum Gasteiger partial charge on any atom is -0.430 e. The molecule has 0 aliphatic carbocycles. The molecular weight excluding hydrogens is 606 g/mol. The molecule has 1 aliphatic heterocycles. The maximum Gasteiger partial charge on any atom is 0.534 e. The van der Waals surface area contributed by atoms with Crippen LogP contribution in [0.3, 0.4) is 0 Å². The Morgan fingerprint density at radius 3 is 1.27 bits per heavy atom. The maximum absolute atomic E-state index is 12.1. The van der Waals surface area contributed by atoms with E-state index < -0.39 is 24.1 Å². The van der Waals surface area contributed by atoms with Crippen LogP contribution in [0.4, 0.5) is 4.79 Å². The number of unbranched alkanes of at least 4 members (excludes halogenated alkanes) is 26. The van der Waals surface area contributed by atoms with E-state index in [1.807, 2.05) is 0 Å². The van der Waals surface area contributed by atoms with Gasteiger partial charge in [-0.2, -0.15) is 0 Å². The highest BCUT2D eigenvalue weighted by Crippen LogP contribution is 2.16. The highest BCUT2D eigenvalue weighted by Gasteiger charge is 2.33. The third-order valence-electron chi connectivity index (χ3n) is 9.36. The summed E-state index contributed by atoms with van der Waals surface area (Å²) < 4.78 is 17.1. The van der Waals surface area contributed by atoms with E-state index in [-0.39, 0.29) is 19.4 Å². The van der Waals surface area contributed by atoms with Crippen molar-refractivity contribution in [1.82, 2.24) is 5.06 Å². The Morgan fingerprint density at radius 1 is 0.521 bits per heavy atom. The Labute approximate surface area is 295 Å². The number of hydrogen-bond acceptors (Lipinski definition) is 7. The van der Waals surface area contributed by atoms with Crippen LogP contribution in [-0.4, -0.2) is 55.6 Å². The topological polar surface area (TPSA) is 91.4 Å². The first-order chi connectivity index (χ1) is 23.6. The average molecular weight is 682 g/mol. The summed E-state index contributed by atoms with van der Waals surface area (Å²) in [6.45, 7) is 6.04. The minimum absolute atomic E-state index is 0.0458. The largest absolute Gasteiger partial charge is 0.534 e. The van der Waals surface area contributed by atoms with Crippen molar-refractivity contribution in [2.45, 2.75) is 213 Å². The van der Waals surface area contributed by atoms with E-state index >= 15 is 0 Å². The summed E-state index contributed by atoms with van der Waals surface area (Å²) in [5.74, 6) is -1.06. The van der Waals surface area contributed by atoms with Crippen molar-refractivity contribution in [3.8, 4) is 0 Å². The van der Waals surface area contributed by atoms with Crippen LogP contribution >= 0.6 is 0 Å². The van der Waals surface area contributed by atoms with Gasteiger partial charge in [0.2, 0.25) is 0 Å². The fraction of sp³-hybridized carbons (Fsp3) is 0.925. The molecule has 48 heavy (non-hydrogen) atoms. The third-order valence-corrected chi connectivity index (χ3v) is 9.36. The summed E-state index contributed by atoms with van der Waals surface area (Å²) >= 11 is 0. The molecule has 1 saturated heterocycles. The molecule has 8 heteroatoms. The maximum atomic E-state index is 12.1. The van der Waals surface area contributed by atoms with E-state index in [1.54, 1.807) is 0 Å². The van der Waals surface area contributed by atoms with Crippen molar-refractivity contribution in [3.63, 3.8) is 0 Å². The molecule has 0 aromatic rings. The molecule has 8 nitrogen and oxygen atoms in total. The predicted molar refractivity (Wildman–Crippen MR) is 195 cm³/mol. The van der Waals surface area contributed by atoms with Gasteiger partial charge in [-0.15, -0.1) is 0 Å². The smallest absolute Gasteiger partial charge is 0.430 e. The molecule has 1 aliphatic rings. The van der Waals surface area contributed by atoms with Gasteiger partial charge in [0.15, 0.2) is 0 Å². The number of carbonyl (C=O) groups excluding carboxylic acids is 3. The van der Waals surface area contributed by atoms with Gasteiger partial charge in [-0.3, -0.25) is 14.4 Å². The van der Waals surface area contributed by atoms with Gasteiger partial charge >= 0.3 is 6.16 Å². The van der Waals surface area contributed by atoms with Crippen molar-refractivity contribution in [2.24, 2.45) is 0 Å². The highest BCUT2D eigenvalue weighted by molar-refractivity contribution is 6.01. The summed E-state index contributed by atoms with van der Waals surface area (Å²) in [5.41, 5.74) is 0. The summed E-state index contributed by atoms with van der Waals surface area (Å²) in [5, 5.41) is 0.499. The first kappa shape index (κ1) is 44.4. The molecule has 1 unspecified atom stereocenters. The third kappa shape index (κ3) is 27.2. The van der Waals surface area contributed by atoms with E-state index in [1.165, 1.54) is 154 Å². The van der Waals surface area contributed by atoms with Gasteiger partial charge in [0.25, 0.3) is 11.8 Å². The minimum atomic E-state index is -1.07. The van der Waals surface area contributed by atoms with Crippen LogP contribution in [0.1, 0.15) is 206 Å². The molecule has 1 heterocycles. The van der Waals surface area contributed by atoms with Crippen molar-refractivity contribution >= 4 is 18.0 Å². The second-order valence-corrected chi connectivity index (χ2v) is 14.0. The van der Waals surface area contributed by atoms with Crippen molar-refractivity contribution in [2.75, 3.05) is 26.4 Å². The molecule has 1 atom stereocenters. The number of amides is 2. The standard InChI is InChI=1S/C40H75NO7/c1-3-5-7-9-11-13-15-17-19-21-23-25-27-29-33-45-35-37(36-47-40(44)48-41-38(42)31-32-39(41)43)46-34-30-28-26-24-22-20-18-16-14-12-10-8-6-4-2/h37H,3-36H2,1-2H3. The van der Waals surface area contributed by atoms with Gasteiger partial charge in [-0.05, 0) is 12.8 Å². The number of ether oxygens (including phenoxy) is 3. The van der Waals surface area contributed by atoms with Gasteiger partial charge < -0.3 is 14.2 Å². The lowest BCUT2D eigenvalue weighted by atomic mass is 10.0. The molecule has 0 aromatic carbocycles. The molecule has 0 N–H and O–H groups in total. The quantitative estimate of drug-likeness (QED) is 0.0369. The second-order valence-electron chi connectivity index (χ2n) is 14.0. The monoisotopic (exact) mass is 682 g/mol. The summed E-state index contributed by atoms with van der Waals surface area (Å²) in [7, 11) is 0. The zero-order valence-electron chi connectivity index (χ0n) is 31.4. The fourth-order valence-corrected chi connectivity index (χ4v) is 6.22. The number of hydroxylamine groups is 2. The average Bonchev–Trinajstić information content (AvgIpc) is 3.40. The lowest BCUT2D eigenvalue weighted by Gasteiger charge is -2.19. The van der Waals surface area contributed by atoms with E-state index in [2.05, 4.69) is 13.8 Å². The van der Waals surface area contributed by atoms with Crippen LogP contribution in [0.25, 0.3) is 0 Å².